The lowest BCUT2D eigenvalue weighted by molar-refractivity contribution is 0.249. The highest BCUT2D eigenvalue weighted by Gasteiger charge is 2.21. The van der Waals surface area contributed by atoms with Crippen molar-refractivity contribution in [3.63, 3.8) is 0 Å². The first-order valence-electron chi connectivity index (χ1n) is 10.8. The molecule has 1 aromatic heterocycles. The highest BCUT2D eigenvalue weighted by Crippen LogP contribution is 2.34. The quantitative estimate of drug-likeness (QED) is 0.513. The molecule has 0 bridgehead atoms. The highest BCUT2D eigenvalue weighted by molar-refractivity contribution is 5.59. The van der Waals surface area contributed by atoms with E-state index in [1.807, 2.05) is 24.3 Å². The molecule has 3 rings (SSSR count). The number of halogens is 1. The summed E-state index contributed by atoms with van der Waals surface area (Å²) in [5.41, 5.74) is 3.34. The van der Waals surface area contributed by atoms with Crippen LogP contribution in [0.15, 0.2) is 30.3 Å². The fourth-order valence-corrected chi connectivity index (χ4v) is 4.27. The molecule has 1 aromatic carbocycles. The van der Waals surface area contributed by atoms with Gasteiger partial charge in [-0.25, -0.2) is 4.39 Å². The second-order valence-electron chi connectivity index (χ2n) is 8.14. The number of unbranched alkanes of at least 4 members (excludes halogenated alkanes) is 1. The van der Waals surface area contributed by atoms with E-state index < -0.39 is 0 Å². The van der Waals surface area contributed by atoms with E-state index in [1.54, 1.807) is 6.07 Å². The monoisotopic (exact) mass is 368 g/mol. The standard InChI is InChI=1S/C24H33FN2/c1-3-5-6-18-7-9-19(10-8-18)11-12-20-13-14-21(17-23(20)25)24-16-15-22(4-2)26-27-24/h13-19H,3-12H2,1-2H3. The van der Waals surface area contributed by atoms with Crippen molar-refractivity contribution in [2.45, 2.75) is 78.1 Å². The van der Waals surface area contributed by atoms with E-state index in [0.29, 0.717) is 0 Å². The van der Waals surface area contributed by atoms with E-state index in [2.05, 4.69) is 24.0 Å². The Morgan fingerprint density at radius 1 is 0.926 bits per heavy atom. The Labute approximate surface area is 163 Å². The summed E-state index contributed by atoms with van der Waals surface area (Å²) >= 11 is 0. The largest absolute Gasteiger partial charge is 0.207 e. The first-order valence-corrected chi connectivity index (χ1v) is 10.8. The molecular weight excluding hydrogens is 335 g/mol. The number of nitrogens with zero attached hydrogens (tertiary/aromatic N) is 2. The molecule has 1 heterocycles. The number of aryl methyl sites for hydroxylation is 2. The number of hydrogen-bond donors (Lipinski definition) is 0. The topological polar surface area (TPSA) is 25.8 Å². The van der Waals surface area contributed by atoms with Crippen LogP contribution < -0.4 is 0 Å². The Kier molecular flexibility index (Phi) is 7.37. The van der Waals surface area contributed by atoms with E-state index in [9.17, 15) is 4.39 Å². The molecule has 0 atom stereocenters. The van der Waals surface area contributed by atoms with Crippen LogP contribution in [0.3, 0.4) is 0 Å². The number of benzene rings is 1. The number of hydrogen-bond acceptors (Lipinski definition) is 2. The molecule has 27 heavy (non-hydrogen) atoms. The van der Waals surface area contributed by atoms with E-state index >= 15 is 0 Å². The van der Waals surface area contributed by atoms with Crippen LogP contribution in [0.5, 0.6) is 0 Å². The molecule has 2 nitrogen and oxygen atoms in total. The van der Waals surface area contributed by atoms with Gasteiger partial charge in [0.2, 0.25) is 0 Å². The van der Waals surface area contributed by atoms with Gasteiger partial charge in [-0.1, -0.05) is 70.9 Å². The summed E-state index contributed by atoms with van der Waals surface area (Å²) in [6, 6.07) is 9.43. The molecule has 0 radical (unpaired) electrons. The molecule has 0 unspecified atom stereocenters. The van der Waals surface area contributed by atoms with Crippen molar-refractivity contribution in [3.8, 4) is 11.3 Å². The summed E-state index contributed by atoms with van der Waals surface area (Å²) in [4.78, 5) is 0. The second-order valence-corrected chi connectivity index (χ2v) is 8.14. The third kappa shape index (κ3) is 5.60. The van der Waals surface area contributed by atoms with Crippen molar-refractivity contribution in [1.82, 2.24) is 10.2 Å². The van der Waals surface area contributed by atoms with Crippen molar-refractivity contribution >= 4 is 0 Å². The van der Waals surface area contributed by atoms with Crippen molar-refractivity contribution in [1.29, 1.82) is 0 Å². The molecule has 0 amide bonds. The number of rotatable bonds is 8. The second kappa shape index (κ2) is 9.96. The molecule has 3 heteroatoms. The predicted molar refractivity (Wildman–Crippen MR) is 110 cm³/mol. The Bertz CT molecular complexity index is 703. The van der Waals surface area contributed by atoms with E-state index in [0.717, 1.165) is 53.6 Å². The summed E-state index contributed by atoms with van der Waals surface area (Å²) in [5, 5.41) is 8.40. The van der Waals surface area contributed by atoms with Crippen LogP contribution >= 0.6 is 0 Å². The molecular formula is C24H33FN2. The van der Waals surface area contributed by atoms with Crippen LogP contribution in [0.25, 0.3) is 11.3 Å². The fraction of sp³-hybridized carbons (Fsp3) is 0.583. The predicted octanol–water partition coefficient (Wildman–Crippen LogP) is 6.77. The van der Waals surface area contributed by atoms with Gasteiger partial charge in [0.1, 0.15) is 5.82 Å². The van der Waals surface area contributed by atoms with Gasteiger partial charge in [0.15, 0.2) is 0 Å². The summed E-state index contributed by atoms with van der Waals surface area (Å²) < 4.78 is 14.6. The minimum absolute atomic E-state index is 0.106. The van der Waals surface area contributed by atoms with Crippen molar-refractivity contribution in [3.05, 3.63) is 47.4 Å². The fourth-order valence-electron chi connectivity index (χ4n) is 4.27. The molecule has 0 aliphatic heterocycles. The van der Waals surface area contributed by atoms with Gasteiger partial charge in [0.25, 0.3) is 0 Å². The van der Waals surface area contributed by atoms with Crippen LogP contribution in [-0.2, 0) is 12.8 Å². The Balaban J connectivity index is 1.52. The van der Waals surface area contributed by atoms with Gasteiger partial charge in [-0.3, -0.25) is 0 Å². The summed E-state index contributed by atoms with van der Waals surface area (Å²) in [6.07, 6.45) is 12.3. The SMILES string of the molecule is CCCCC1CCC(CCc2ccc(-c3ccc(CC)nn3)cc2F)CC1. The maximum Gasteiger partial charge on any atom is 0.127 e. The van der Waals surface area contributed by atoms with Gasteiger partial charge < -0.3 is 0 Å². The zero-order chi connectivity index (χ0) is 19.1. The first kappa shape index (κ1) is 20.0. The molecule has 2 aromatic rings. The highest BCUT2D eigenvalue weighted by atomic mass is 19.1. The van der Waals surface area contributed by atoms with Gasteiger partial charge >= 0.3 is 0 Å². The minimum atomic E-state index is -0.106. The third-order valence-corrected chi connectivity index (χ3v) is 6.19. The molecule has 1 fully saturated rings. The van der Waals surface area contributed by atoms with E-state index in [-0.39, 0.29) is 5.82 Å². The van der Waals surface area contributed by atoms with Gasteiger partial charge in [0.05, 0.1) is 11.4 Å². The van der Waals surface area contributed by atoms with Crippen LogP contribution in [0, 0.1) is 17.7 Å². The molecule has 0 N–H and O–H groups in total. The van der Waals surface area contributed by atoms with Crippen molar-refractivity contribution in [2.24, 2.45) is 11.8 Å². The maximum absolute atomic E-state index is 14.6. The van der Waals surface area contributed by atoms with Crippen LogP contribution in [0.2, 0.25) is 0 Å². The first-order chi connectivity index (χ1) is 13.2. The summed E-state index contributed by atoms with van der Waals surface area (Å²) in [6.45, 7) is 4.33. The van der Waals surface area contributed by atoms with Crippen molar-refractivity contribution < 1.29 is 4.39 Å². The van der Waals surface area contributed by atoms with Crippen LogP contribution in [0.4, 0.5) is 4.39 Å². The molecule has 146 valence electrons. The van der Waals surface area contributed by atoms with Crippen LogP contribution in [-0.4, -0.2) is 10.2 Å². The lowest BCUT2D eigenvalue weighted by Crippen LogP contribution is -2.15. The molecule has 1 aliphatic rings. The van der Waals surface area contributed by atoms with Crippen molar-refractivity contribution in [2.75, 3.05) is 0 Å². The normalized spacial score (nSPS) is 20.0. The van der Waals surface area contributed by atoms with Gasteiger partial charge in [0, 0.05) is 5.56 Å². The Hall–Kier alpha value is -1.77. The van der Waals surface area contributed by atoms with E-state index in [1.165, 1.54) is 44.9 Å². The maximum atomic E-state index is 14.6. The zero-order valence-corrected chi connectivity index (χ0v) is 16.9. The van der Waals surface area contributed by atoms with Crippen LogP contribution in [0.1, 0.15) is 76.5 Å². The average Bonchev–Trinajstić information content (AvgIpc) is 2.72. The minimum Gasteiger partial charge on any atom is -0.207 e. The molecule has 1 saturated carbocycles. The number of aromatic nitrogens is 2. The lowest BCUT2D eigenvalue weighted by atomic mass is 9.78. The molecule has 0 saturated heterocycles. The third-order valence-electron chi connectivity index (χ3n) is 6.19. The van der Waals surface area contributed by atoms with E-state index in [4.69, 9.17) is 0 Å². The van der Waals surface area contributed by atoms with Gasteiger partial charge in [-0.15, -0.1) is 0 Å². The average molecular weight is 369 g/mol. The Morgan fingerprint density at radius 3 is 2.26 bits per heavy atom. The van der Waals surface area contributed by atoms with Gasteiger partial charge in [-0.2, -0.15) is 10.2 Å². The summed E-state index contributed by atoms with van der Waals surface area (Å²) in [5.74, 6) is 1.61. The van der Waals surface area contributed by atoms with Gasteiger partial charge in [-0.05, 0) is 54.9 Å². The lowest BCUT2D eigenvalue weighted by Gasteiger charge is -2.28. The smallest absolute Gasteiger partial charge is 0.127 e. The summed E-state index contributed by atoms with van der Waals surface area (Å²) in [7, 11) is 0. The molecule has 0 spiro atoms. The Morgan fingerprint density at radius 2 is 1.67 bits per heavy atom. The molecule has 1 aliphatic carbocycles. The zero-order valence-electron chi connectivity index (χ0n) is 16.9.